The Morgan fingerprint density at radius 2 is 2.27 bits per heavy atom. The van der Waals surface area contributed by atoms with Gasteiger partial charge in [-0.15, -0.1) is 0 Å². The molecule has 1 N–H and O–H groups in total. The third kappa shape index (κ3) is 1.88. The lowest BCUT2D eigenvalue weighted by atomic mass is 10.4. The van der Waals surface area contributed by atoms with Gasteiger partial charge in [0.05, 0.1) is 11.9 Å². The van der Waals surface area contributed by atoms with E-state index in [-0.39, 0.29) is 0 Å². The predicted molar refractivity (Wildman–Crippen MR) is 53.0 cm³/mol. The van der Waals surface area contributed by atoms with Gasteiger partial charge in [-0.05, 0) is 6.07 Å². The third-order valence-corrected chi connectivity index (χ3v) is 2.09. The molecule has 0 atom stereocenters. The molecule has 0 unspecified atom stereocenters. The molecule has 15 heavy (non-hydrogen) atoms. The smallest absolute Gasteiger partial charge is 0.255 e. The molecule has 80 valence electrons. The lowest BCUT2D eigenvalue weighted by molar-refractivity contribution is 0.163. The molecule has 0 saturated heterocycles. The molecule has 0 aliphatic heterocycles. The van der Waals surface area contributed by atoms with Crippen molar-refractivity contribution in [1.29, 1.82) is 0 Å². The fourth-order valence-corrected chi connectivity index (χ4v) is 1.39. The van der Waals surface area contributed by atoms with E-state index < -0.39 is 13.0 Å². The van der Waals surface area contributed by atoms with E-state index in [9.17, 15) is 8.78 Å². The highest BCUT2D eigenvalue weighted by molar-refractivity contribution is 5.87. The maximum atomic E-state index is 12.0. The molecule has 4 nitrogen and oxygen atoms in total. The molecule has 2 heterocycles. The van der Waals surface area contributed by atoms with Gasteiger partial charge in [-0.25, -0.2) is 18.7 Å². The molecule has 0 aromatic carbocycles. The Bertz CT molecular complexity index is 466. The summed E-state index contributed by atoms with van der Waals surface area (Å²) in [5, 5.41) is 3.34. The minimum absolute atomic E-state index is 0.402. The van der Waals surface area contributed by atoms with Crippen LogP contribution in [0.2, 0.25) is 0 Å². The fraction of sp³-hybridized carbons (Fsp3) is 0.333. The summed E-state index contributed by atoms with van der Waals surface area (Å²) in [4.78, 5) is 7.98. The van der Waals surface area contributed by atoms with E-state index in [1.54, 1.807) is 6.07 Å². The third-order valence-electron chi connectivity index (χ3n) is 2.09. The van der Waals surface area contributed by atoms with Crippen LogP contribution in [-0.2, 0) is 7.05 Å². The van der Waals surface area contributed by atoms with Crippen molar-refractivity contribution in [3.63, 3.8) is 0 Å². The van der Waals surface area contributed by atoms with Crippen molar-refractivity contribution in [1.82, 2.24) is 14.5 Å². The number of aryl methyl sites for hydroxylation is 1. The van der Waals surface area contributed by atoms with Gasteiger partial charge in [0.15, 0.2) is 0 Å². The van der Waals surface area contributed by atoms with Crippen molar-refractivity contribution in [3.05, 3.63) is 18.6 Å². The summed E-state index contributed by atoms with van der Waals surface area (Å²) in [6, 6.07) is 1.79. The average Bonchev–Trinajstić information content (AvgIpc) is 2.58. The van der Waals surface area contributed by atoms with Gasteiger partial charge in [-0.2, -0.15) is 0 Å². The maximum Gasteiger partial charge on any atom is 0.255 e. The number of hydrogen-bond acceptors (Lipinski definition) is 3. The van der Waals surface area contributed by atoms with Crippen LogP contribution in [-0.4, -0.2) is 27.5 Å². The largest absolute Gasteiger partial charge is 0.364 e. The first-order chi connectivity index (χ1) is 7.18. The minimum Gasteiger partial charge on any atom is -0.364 e. The van der Waals surface area contributed by atoms with Gasteiger partial charge in [0.25, 0.3) is 6.43 Å². The Labute approximate surface area is 84.9 Å². The molecule has 0 amide bonds. The zero-order chi connectivity index (χ0) is 10.8. The number of halogens is 2. The molecular weight excluding hydrogens is 202 g/mol. The summed E-state index contributed by atoms with van der Waals surface area (Å²) < 4.78 is 25.8. The monoisotopic (exact) mass is 212 g/mol. The van der Waals surface area contributed by atoms with E-state index in [1.165, 1.54) is 6.33 Å². The topological polar surface area (TPSA) is 42.7 Å². The normalized spacial score (nSPS) is 11.2. The quantitative estimate of drug-likeness (QED) is 0.841. The Morgan fingerprint density at radius 3 is 3.00 bits per heavy atom. The standard InChI is InChI=1S/C9H10F2N4/c1-15-3-2-6-8(12-4-7(10)11)13-5-14-9(6)15/h2-3,5,7H,4H2,1H3,(H,12,13,14). The highest BCUT2D eigenvalue weighted by Crippen LogP contribution is 2.19. The lowest BCUT2D eigenvalue weighted by Gasteiger charge is -2.05. The molecule has 2 rings (SSSR count). The zero-order valence-corrected chi connectivity index (χ0v) is 8.11. The number of hydrogen-bond donors (Lipinski definition) is 1. The first kappa shape index (κ1) is 9.82. The SMILES string of the molecule is Cn1ccc2c(NCC(F)F)ncnc21. The van der Waals surface area contributed by atoms with Crippen molar-refractivity contribution >= 4 is 16.9 Å². The number of fused-ring (bicyclic) bond motifs is 1. The average molecular weight is 212 g/mol. The predicted octanol–water partition coefficient (Wildman–Crippen LogP) is 1.65. The second-order valence-electron chi connectivity index (χ2n) is 3.16. The Kier molecular flexibility index (Phi) is 2.49. The van der Waals surface area contributed by atoms with Crippen LogP contribution in [0.15, 0.2) is 18.6 Å². The van der Waals surface area contributed by atoms with E-state index in [4.69, 9.17) is 0 Å². The second kappa shape index (κ2) is 3.80. The van der Waals surface area contributed by atoms with E-state index in [1.807, 2.05) is 17.8 Å². The molecule has 0 fully saturated rings. The molecule has 0 bridgehead atoms. The lowest BCUT2D eigenvalue weighted by Crippen LogP contribution is -2.11. The molecule has 0 aliphatic rings. The van der Waals surface area contributed by atoms with Crippen LogP contribution in [0.4, 0.5) is 14.6 Å². The van der Waals surface area contributed by atoms with Gasteiger partial charge >= 0.3 is 0 Å². The first-order valence-electron chi connectivity index (χ1n) is 4.46. The summed E-state index contributed by atoms with van der Waals surface area (Å²) in [5.74, 6) is 0.445. The number of aromatic nitrogens is 3. The number of nitrogens with zero attached hydrogens (tertiary/aromatic N) is 3. The maximum absolute atomic E-state index is 12.0. The van der Waals surface area contributed by atoms with Crippen LogP contribution in [0.5, 0.6) is 0 Å². The van der Waals surface area contributed by atoms with Crippen LogP contribution in [0.1, 0.15) is 0 Å². The van der Waals surface area contributed by atoms with Gasteiger partial charge in [0.1, 0.15) is 17.8 Å². The summed E-state index contributed by atoms with van der Waals surface area (Å²) in [6.07, 6.45) is 0.780. The van der Waals surface area contributed by atoms with E-state index in [2.05, 4.69) is 15.3 Å². The van der Waals surface area contributed by atoms with Crippen LogP contribution >= 0.6 is 0 Å². The molecular formula is C9H10F2N4. The van der Waals surface area contributed by atoms with Crippen LogP contribution < -0.4 is 5.32 Å². The van der Waals surface area contributed by atoms with Gasteiger partial charge in [-0.1, -0.05) is 0 Å². The highest BCUT2D eigenvalue weighted by atomic mass is 19.3. The first-order valence-corrected chi connectivity index (χ1v) is 4.46. The second-order valence-corrected chi connectivity index (χ2v) is 3.16. The van der Waals surface area contributed by atoms with Gasteiger partial charge < -0.3 is 9.88 Å². The van der Waals surface area contributed by atoms with Crippen molar-refractivity contribution < 1.29 is 8.78 Å². The number of alkyl halides is 2. The zero-order valence-electron chi connectivity index (χ0n) is 8.11. The molecule has 0 radical (unpaired) electrons. The number of rotatable bonds is 3. The molecule has 2 aromatic heterocycles. The highest BCUT2D eigenvalue weighted by Gasteiger charge is 2.08. The summed E-state index contributed by atoms with van der Waals surface area (Å²) in [5.41, 5.74) is 0.724. The molecule has 6 heteroatoms. The number of nitrogens with one attached hydrogen (secondary N) is 1. The van der Waals surface area contributed by atoms with Gasteiger partial charge in [-0.3, -0.25) is 0 Å². The van der Waals surface area contributed by atoms with E-state index in [0.29, 0.717) is 5.82 Å². The molecule has 0 spiro atoms. The van der Waals surface area contributed by atoms with Crippen molar-refractivity contribution in [2.24, 2.45) is 7.05 Å². The van der Waals surface area contributed by atoms with Crippen LogP contribution in [0.3, 0.4) is 0 Å². The fourth-order valence-electron chi connectivity index (χ4n) is 1.39. The molecule has 2 aromatic rings. The van der Waals surface area contributed by atoms with Crippen molar-refractivity contribution in [2.75, 3.05) is 11.9 Å². The Morgan fingerprint density at radius 1 is 1.47 bits per heavy atom. The Hall–Kier alpha value is -1.72. The minimum atomic E-state index is -2.39. The van der Waals surface area contributed by atoms with Crippen molar-refractivity contribution in [3.8, 4) is 0 Å². The van der Waals surface area contributed by atoms with Crippen LogP contribution in [0.25, 0.3) is 11.0 Å². The summed E-state index contributed by atoms with van der Waals surface area (Å²) >= 11 is 0. The van der Waals surface area contributed by atoms with Crippen molar-refractivity contribution in [2.45, 2.75) is 6.43 Å². The van der Waals surface area contributed by atoms with E-state index >= 15 is 0 Å². The van der Waals surface area contributed by atoms with Gasteiger partial charge in [0.2, 0.25) is 0 Å². The summed E-state index contributed by atoms with van der Waals surface area (Å²) in [6.45, 7) is -0.402. The summed E-state index contributed by atoms with van der Waals surface area (Å²) in [7, 11) is 1.84. The van der Waals surface area contributed by atoms with Crippen LogP contribution in [0, 0.1) is 0 Å². The van der Waals surface area contributed by atoms with Gasteiger partial charge in [0, 0.05) is 13.2 Å². The Balaban J connectivity index is 2.34. The molecule has 0 aliphatic carbocycles. The molecule has 0 saturated carbocycles. The number of anilines is 1. The van der Waals surface area contributed by atoms with E-state index in [0.717, 1.165) is 11.0 Å².